The number of carbonyl (C=O) groups excluding carboxylic acids is 1. The fourth-order valence-corrected chi connectivity index (χ4v) is 1.90. The van der Waals surface area contributed by atoms with Gasteiger partial charge in [-0.25, -0.2) is 4.79 Å². The average molecular weight is 230 g/mol. The monoisotopic (exact) mass is 230 g/mol. The molecule has 1 aromatic carbocycles. The number of anilines is 1. The molecule has 1 saturated heterocycles. The van der Waals surface area contributed by atoms with Gasteiger partial charge in [0.25, 0.3) is 0 Å². The maximum Gasteiger partial charge on any atom is 0.414 e. The van der Waals surface area contributed by atoms with E-state index < -0.39 is 0 Å². The molecule has 88 valence electrons. The van der Waals surface area contributed by atoms with Gasteiger partial charge in [-0.15, -0.1) is 0 Å². The smallest absolute Gasteiger partial charge is 0.414 e. The maximum absolute atomic E-state index is 11.7. The zero-order valence-electron chi connectivity index (χ0n) is 9.93. The van der Waals surface area contributed by atoms with E-state index in [0.29, 0.717) is 6.54 Å². The van der Waals surface area contributed by atoms with Crippen LogP contribution in [0.4, 0.5) is 10.5 Å². The summed E-state index contributed by atoms with van der Waals surface area (Å²) in [6, 6.07) is 7.92. The highest BCUT2D eigenvalue weighted by Gasteiger charge is 2.29. The van der Waals surface area contributed by atoms with Crippen molar-refractivity contribution < 1.29 is 9.53 Å². The highest BCUT2D eigenvalue weighted by atomic mass is 16.6. The van der Waals surface area contributed by atoms with Gasteiger partial charge in [-0.3, -0.25) is 4.90 Å². The summed E-state index contributed by atoms with van der Waals surface area (Å²) >= 11 is 0. The van der Waals surface area contributed by atoms with E-state index in [-0.39, 0.29) is 18.6 Å². The van der Waals surface area contributed by atoms with Crippen LogP contribution in [0, 0.1) is 31.1 Å². The quantitative estimate of drug-likeness (QED) is 0.744. The zero-order chi connectivity index (χ0) is 12.4. The molecule has 0 spiro atoms. The van der Waals surface area contributed by atoms with Crippen LogP contribution in [-0.4, -0.2) is 19.2 Å². The molecular formula is C13H14N2O2. The fraction of sp³-hybridized carbons (Fsp3) is 0.385. The van der Waals surface area contributed by atoms with Crippen molar-refractivity contribution in [2.45, 2.75) is 13.8 Å². The number of amides is 1. The van der Waals surface area contributed by atoms with E-state index in [2.05, 4.69) is 6.07 Å². The summed E-state index contributed by atoms with van der Waals surface area (Å²) in [5.74, 6) is -0.257. The largest absolute Gasteiger partial charge is 0.448 e. The summed E-state index contributed by atoms with van der Waals surface area (Å²) in [6.07, 6.45) is -0.370. The van der Waals surface area contributed by atoms with Gasteiger partial charge in [0.2, 0.25) is 0 Å². The van der Waals surface area contributed by atoms with Gasteiger partial charge in [-0.1, -0.05) is 12.1 Å². The standard InChI is InChI=1S/C13H14N2O2/c1-9-4-3-5-12(10(9)2)15-7-11(6-14)8-17-13(15)16/h3-5,11H,7-8H2,1-2H3. The lowest BCUT2D eigenvalue weighted by atomic mass is 10.1. The second-order valence-corrected chi connectivity index (χ2v) is 4.23. The highest BCUT2D eigenvalue weighted by molar-refractivity contribution is 5.89. The van der Waals surface area contributed by atoms with Crippen molar-refractivity contribution in [2.75, 3.05) is 18.1 Å². The van der Waals surface area contributed by atoms with Crippen molar-refractivity contribution in [3.05, 3.63) is 29.3 Å². The molecule has 1 atom stereocenters. The lowest BCUT2D eigenvalue weighted by Crippen LogP contribution is -2.43. The third-order valence-electron chi connectivity index (χ3n) is 3.08. The number of ether oxygens (including phenoxy) is 1. The van der Waals surface area contributed by atoms with E-state index >= 15 is 0 Å². The molecule has 1 amide bonds. The predicted octanol–water partition coefficient (Wildman–Crippen LogP) is 2.40. The van der Waals surface area contributed by atoms with Crippen LogP contribution in [0.5, 0.6) is 0 Å². The SMILES string of the molecule is Cc1cccc(N2CC(C#N)COC2=O)c1C. The molecule has 4 heteroatoms. The first-order chi connectivity index (χ1) is 8.13. The Morgan fingerprint density at radius 1 is 1.47 bits per heavy atom. The Balaban J connectivity index is 2.35. The Hall–Kier alpha value is -2.02. The first kappa shape index (κ1) is 11.5. The highest BCUT2D eigenvalue weighted by Crippen LogP contribution is 2.26. The van der Waals surface area contributed by atoms with E-state index in [9.17, 15) is 4.79 Å². The summed E-state index contributed by atoms with van der Waals surface area (Å²) in [4.78, 5) is 13.3. The van der Waals surface area contributed by atoms with Crippen LogP contribution in [-0.2, 0) is 4.74 Å². The van der Waals surface area contributed by atoms with Gasteiger partial charge in [0.15, 0.2) is 0 Å². The lowest BCUT2D eigenvalue weighted by molar-refractivity contribution is 0.127. The van der Waals surface area contributed by atoms with Crippen molar-refractivity contribution in [1.82, 2.24) is 0 Å². The van der Waals surface area contributed by atoms with Crippen molar-refractivity contribution in [2.24, 2.45) is 5.92 Å². The third-order valence-corrected chi connectivity index (χ3v) is 3.08. The van der Waals surface area contributed by atoms with Gasteiger partial charge in [0.1, 0.15) is 6.61 Å². The summed E-state index contributed by atoms with van der Waals surface area (Å²) in [5, 5.41) is 8.90. The minimum absolute atomic E-state index is 0.191. The number of carbonyl (C=O) groups is 1. The van der Waals surface area contributed by atoms with Crippen molar-refractivity contribution >= 4 is 11.8 Å². The Morgan fingerprint density at radius 2 is 2.24 bits per heavy atom. The lowest BCUT2D eigenvalue weighted by Gasteiger charge is -2.30. The van der Waals surface area contributed by atoms with Gasteiger partial charge in [-0.05, 0) is 31.0 Å². The minimum Gasteiger partial charge on any atom is -0.448 e. The number of hydrogen-bond acceptors (Lipinski definition) is 3. The van der Waals surface area contributed by atoms with E-state index in [1.807, 2.05) is 32.0 Å². The summed E-state index contributed by atoms with van der Waals surface area (Å²) < 4.78 is 5.01. The van der Waals surface area contributed by atoms with Gasteiger partial charge in [0.05, 0.1) is 17.7 Å². The molecule has 0 saturated carbocycles. The molecule has 17 heavy (non-hydrogen) atoms. The van der Waals surface area contributed by atoms with Crippen LogP contribution in [0.1, 0.15) is 11.1 Å². The second-order valence-electron chi connectivity index (χ2n) is 4.23. The van der Waals surface area contributed by atoms with Crippen LogP contribution in [0.3, 0.4) is 0 Å². The summed E-state index contributed by atoms with van der Waals surface area (Å²) in [6.45, 7) is 4.56. The van der Waals surface area contributed by atoms with Gasteiger partial charge in [0, 0.05) is 6.54 Å². The molecular weight excluding hydrogens is 216 g/mol. The van der Waals surface area contributed by atoms with Crippen LogP contribution in [0.15, 0.2) is 18.2 Å². The minimum atomic E-state index is -0.370. The molecule has 4 nitrogen and oxygen atoms in total. The molecule has 0 aliphatic carbocycles. The summed E-state index contributed by atoms with van der Waals surface area (Å²) in [7, 11) is 0. The molecule has 1 heterocycles. The number of nitrogens with zero attached hydrogens (tertiary/aromatic N) is 2. The molecule has 0 radical (unpaired) electrons. The number of benzene rings is 1. The first-order valence-electron chi connectivity index (χ1n) is 5.53. The number of cyclic esters (lactones) is 1. The number of hydrogen-bond donors (Lipinski definition) is 0. The normalized spacial score (nSPS) is 19.7. The molecule has 1 aliphatic rings. The molecule has 1 aromatic rings. The Kier molecular flexibility index (Phi) is 3.01. The van der Waals surface area contributed by atoms with E-state index in [1.165, 1.54) is 0 Å². The third kappa shape index (κ3) is 2.09. The topological polar surface area (TPSA) is 53.3 Å². The van der Waals surface area contributed by atoms with Crippen LogP contribution in [0.25, 0.3) is 0 Å². The fourth-order valence-electron chi connectivity index (χ4n) is 1.90. The Morgan fingerprint density at radius 3 is 2.94 bits per heavy atom. The molecule has 1 unspecified atom stereocenters. The summed E-state index contributed by atoms with van der Waals surface area (Å²) in [5.41, 5.74) is 2.99. The molecule has 0 bridgehead atoms. The van der Waals surface area contributed by atoms with E-state index in [0.717, 1.165) is 16.8 Å². The van der Waals surface area contributed by atoms with E-state index in [4.69, 9.17) is 10.00 Å². The molecule has 1 aliphatic heterocycles. The van der Waals surface area contributed by atoms with Crippen molar-refractivity contribution in [3.63, 3.8) is 0 Å². The Bertz CT molecular complexity index is 491. The van der Waals surface area contributed by atoms with E-state index in [1.54, 1.807) is 4.90 Å². The number of rotatable bonds is 1. The average Bonchev–Trinajstić information content (AvgIpc) is 2.34. The Labute approximate surface area is 100 Å². The van der Waals surface area contributed by atoms with Gasteiger partial charge < -0.3 is 4.74 Å². The zero-order valence-corrected chi connectivity index (χ0v) is 9.93. The van der Waals surface area contributed by atoms with Crippen molar-refractivity contribution in [3.8, 4) is 6.07 Å². The van der Waals surface area contributed by atoms with Crippen LogP contribution < -0.4 is 4.90 Å². The predicted molar refractivity (Wildman–Crippen MR) is 63.7 cm³/mol. The van der Waals surface area contributed by atoms with Gasteiger partial charge >= 0.3 is 6.09 Å². The first-order valence-corrected chi connectivity index (χ1v) is 5.53. The maximum atomic E-state index is 11.7. The van der Waals surface area contributed by atoms with Crippen molar-refractivity contribution in [1.29, 1.82) is 5.26 Å². The molecule has 2 rings (SSSR count). The van der Waals surface area contributed by atoms with Crippen LogP contribution in [0.2, 0.25) is 0 Å². The van der Waals surface area contributed by atoms with Crippen LogP contribution >= 0.6 is 0 Å². The molecule has 0 aromatic heterocycles. The number of nitriles is 1. The second kappa shape index (κ2) is 4.46. The number of aryl methyl sites for hydroxylation is 1. The van der Waals surface area contributed by atoms with Gasteiger partial charge in [-0.2, -0.15) is 5.26 Å². The molecule has 1 fully saturated rings. The molecule has 0 N–H and O–H groups in total.